The summed E-state index contributed by atoms with van der Waals surface area (Å²) in [5, 5.41) is 8.88. The fourth-order valence-electron chi connectivity index (χ4n) is 3.03. The maximum atomic E-state index is 12.2. The molecule has 0 spiro atoms. The van der Waals surface area contributed by atoms with Crippen LogP contribution in [0.4, 0.5) is 0 Å². The van der Waals surface area contributed by atoms with Crippen molar-refractivity contribution in [3.63, 3.8) is 0 Å². The topological polar surface area (TPSA) is 69.8 Å². The summed E-state index contributed by atoms with van der Waals surface area (Å²) >= 11 is 0. The second kappa shape index (κ2) is 8.04. The second-order valence-corrected chi connectivity index (χ2v) is 5.50. The van der Waals surface area contributed by atoms with Gasteiger partial charge in [0.1, 0.15) is 0 Å². The van der Waals surface area contributed by atoms with E-state index in [1.807, 2.05) is 4.90 Å². The third-order valence-electron chi connectivity index (χ3n) is 4.30. The maximum Gasteiger partial charge on any atom is 0.222 e. The van der Waals surface area contributed by atoms with Crippen molar-refractivity contribution in [3.05, 3.63) is 0 Å². The SMILES string of the molecule is Cl.N[C@@H]1CCC[C@H]1CC(=O)N1CCN(CCO)CC1. The third kappa shape index (κ3) is 4.60. The van der Waals surface area contributed by atoms with Gasteiger partial charge in [0.15, 0.2) is 0 Å². The minimum atomic E-state index is 0. The molecule has 1 amide bonds. The molecule has 5 nitrogen and oxygen atoms in total. The summed E-state index contributed by atoms with van der Waals surface area (Å²) in [6, 6.07) is 0.227. The van der Waals surface area contributed by atoms with Gasteiger partial charge in [-0.3, -0.25) is 9.69 Å². The van der Waals surface area contributed by atoms with Gasteiger partial charge < -0.3 is 15.7 Å². The van der Waals surface area contributed by atoms with Gasteiger partial charge in [0.05, 0.1) is 6.61 Å². The van der Waals surface area contributed by atoms with Crippen LogP contribution >= 0.6 is 12.4 Å². The van der Waals surface area contributed by atoms with Crippen molar-refractivity contribution >= 4 is 18.3 Å². The minimum absolute atomic E-state index is 0. The fraction of sp³-hybridized carbons (Fsp3) is 0.923. The molecular formula is C13H26ClN3O2. The van der Waals surface area contributed by atoms with Gasteiger partial charge >= 0.3 is 0 Å². The van der Waals surface area contributed by atoms with E-state index < -0.39 is 0 Å². The van der Waals surface area contributed by atoms with Gasteiger partial charge in [0, 0.05) is 45.2 Å². The number of halogens is 1. The molecule has 0 aromatic heterocycles. The number of carbonyl (C=O) groups excluding carboxylic acids is 1. The highest BCUT2D eigenvalue weighted by atomic mass is 35.5. The number of hydrogen-bond donors (Lipinski definition) is 2. The average molecular weight is 292 g/mol. The lowest BCUT2D eigenvalue weighted by Crippen LogP contribution is -2.49. The molecule has 2 rings (SSSR count). The summed E-state index contributed by atoms with van der Waals surface area (Å²) in [6.07, 6.45) is 3.98. The van der Waals surface area contributed by atoms with E-state index >= 15 is 0 Å². The summed E-state index contributed by atoms with van der Waals surface area (Å²) in [5.41, 5.74) is 6.01. The van der Waals surface area contributed by atoms with Crippen molar-refractivity contribution in [1.82, 2.24) is 9.80 Å². The zero-order valence-electron chi connectivity index (χ0n) is 11.5. The summed E-state index contributed by atoms with van der Waals surface area (Å²) in [6.45, 7) is 4.26. The smallest absolute Gasteiger partial charge is 0.222 e. The average Bonchev–Trinajstić information content (AvgIpc) is 2.76. The first kappa shape index (κ1) is 16.7. The molecule has 1 heterocycles. The van der Waals surface area contributed by atoms with Gasteiger partial charge in [-0.25, -0.2) is 0 Å². The second-order valence-electron chi connectivity index (χ2n) is 5.50. The number of amides is 1. The number of nitrogens with zero attached hydrogens (tertiary/aromatic N) is 2. The van der Waals surface area contributed by atoms with Crippen molar-refractivity contribution in [1.29, 1.82) is 0 Å². The molecular weight excluding hydrogens is 266 g/mol. The highest BCUT2D eigenvalue weighted by molar-refractivity contribution is 5.85. The van der Waals surface area contributed by atoms with E-state index in [4.69, 9.17) is 10.8 Å². The molecule has 0 bridgehead atoms. The van der Waals surface area contributed by atoms with Crippen LogP contribution in [0.1, 0.15) is 25.7 Å². The van der Waals surface area contributed by atoms with Crippen molar-refractivity contribution in [2.24, 2.45) is 11.7 Å². The van der Waals surface area contributed by atoms with E-state index in [9.17, 15) is 4.79 Å². The molecule has 112 valence electrons. The lowest BCUT2D eigenvalue weighted by Gasteiger charge is -2.35. The maximum absolute atomic E-state index is 12.2. The van der Waals surface area contributed by atoms with E-state index in [1.54, 1.807) is 0 Å². The Morgan fingerprint density at radius 3 is 2.42 bits per heavy atom. The highest BCUT2D eigenvalue weighted by Crippen LogP contribution is 2.27. The van der Waals surface area contributed by atoms with Gasteiger partial charge in [-0.15, -0.1) is 12.4 Å². The number of hydrogen-bond acceptors (Lipinski definition) is 4. The molecule has 1 saturated heterocycles. The molecule has 0 radical (unpaired) electrons. The van der Waals surface area contributed by atoms with Crippen LogP contribution in [0.3, 0.4) is 0 Å². The third-order valence-corrected chi connectivity index (χ3v) is 4.30. The van der Waals surface area contributed by atoms with Crippen LogP contribution in [0.15, 0.2) is 0 Å². The highest BCUT2D eigenvalue weighted by Gasteiger charge is 2.29. The zero-order valence-corrected chi connectivity index (χ0v) is 12.3. The summed E-state index contributed by atoms with van der Waals surface area (Å²) in [7, 11) is 0. The van der Waals surface area contributed by atoms with E-state index in [0.29, 0.717) is 12.3 Å². The fourth-order valence-corrected chi connectivity index (χ4v) is 3.03. The van der Waals surface area contributed by atoms with Crippen LogP contribution < -0.4 is 5.73 Å². The molecule has 1 aliphatic heterocycles. The number of aliphatic hydroxyl groups excluding tert-OH is 1. The van der Waals surface area contributed by atoms with Crippen molar-refractivity contribution in [2.45, 2.75) is 31.7 Å². The Morgan fingerprint density at radius 1 is 1.21 bits per heavy atom. The molecule has 2 atom stereocenters. The molecule has 0 unspecified atom stereocenters. The first-order chi connectivity index (χ1) is 8.70. The first-order valence-electron chi connectivity index (χ1n) is 7.07. The lowest BCUT2D eigenvalue weighted by molar-refractivity contribution is -0.134. The largest absolute Gasteiger partial charge is 0.395 e. The molecule has 1 saturated carbocycles. The summed E-state index contributed by atoms with van der Waals surface area (Å²) in [4.78, 5) is 16.3. The van der Waals surface area contributed by atoms with Crippen molar-refractivity contribution in [3.8, 4) is 0 Å². The van der Waals surface area contributed by atoms with Crippen molar-refractivity contribution < 1.29 is 9.90 Å². The molecule has 19 heavy (non-hydrogen) atoms. The Hall–Kier alpha value is -0.360. The predicted octanol–water partition coefficient (Wildman–Crippen LogP) is 0.0622. The van der Waals surface area contributed by atoms with Crippen LogP contribution in [-0.2, 0) is 4.79 Å². The van der Waals surface area contributed by atoms with Crippen LogP contribution in [0.5, 0.6) is 0 Å². The Bertz CT molecular complexity index is 283. The predicted molar refractivity (Wildman–Crippen MR) is 77.3 cm³/mol. The minimum Gasteiger partial charge on any atom is -0.395 e. The van der Waals surface area contributed by atoms with E-state index in [-0.39, 0.29) is 31.0 Å². The number of rotatable bonds is 4. The number of aliphatic hydroxyl groups is 1. The Labute approximate surface area is 121 Å². The number of nitrogens with two attached hydrogens (primary N) is 1. The van der Waals surface area contributed by atoms with Crippen LogP contribution in [-0.4, -0.2) is 66.2 Å². The molecule has 2 aliphatic rings. The molecule has 0 aromatic carbocycles. The van der Waals surface area contributed by atoms with E-state index in [2.05, 4.69) is 4.90 Å². The Kier molecular flexibility index (Phi) is 7.07. The van der Waals surface area contributed by atoms with Crippen LogP contribution in [0.2, 0.25) is 0 Å². The summed E-state index contributed by atoms with van der Waals surface area (Å²) in [5.74, 6) is 0.661. The number of piperazine rings is 1. The normalized spacial score (nSPS) is 28.2. The number of carbonyl (C=O) groups is 1. The molecule has 1 aliphatic carbocycles. The van der Waals surface area contributed by atoms with Gasteiger partial charge in [-0.1, -0.05) is 6.42 Å². The molecule has 2 fully saturated rings. The van der Waals surface area contributed by atoms with Crippen molar-refractivity contribution in [2.75, 3.05) is 39.3 Å². The van der Waals surface area contributed by atoms with Gasteiger partial charge in [0.2, 0.25) is 5.91 Å². The Morgan fingerprint density at radius 2 is 1.89 bits per heavy atom. The van der Waals surface area contributed by atoms with E-state index in [1.165, 1.54) is 6.42 Å². The van der Waals surface area contributed by atoms with Gasteiger partial charge in [-0.05, 0) is 18.8 Å². The molecule has 3 N–H and O–H groups in total. The molecule has 0 aromatic rings. The zero-order chi connectivity index (χ0) is 13.0. The van der Waals surface area contributed by atoms with Gasteiger partial charge in [-0.2, -0.15) is 0 Å². The quantitative estimate of drug-likeness (QED) is 0.769. The monoisotopic (exact) mass is 291 g/mol. The summed E-state index contributed by atoms with van der Waals surface area (Å²) < 4.78 is 0. The first-order valence-corrected chi connectivity index (χ1v) is 7.07. The van der Waals surface area contributed by atoms with Gasteiger partial charge in [0.25, 0.3) is 0 Å². The standard InChI is InChI=1S/C13H25N3O2.ClH/c14-12-3-1-2-11(12)10-13(18)16-6-4-15(5-7-16)8-9-17;/h11-12,17H,1-10,14H2;1H/t11-,12+;/m0./s1. The van der Waals surface area contributed by atoms with E-state index in [0.717, 1.165) is 45.6 Å². The number of β-amino-alcohol motifs (C(OH)–C–C–N with tert-alkyl or cyclic N) is 1. The molecule has 6 heteroatoms. The Balaban J connectivity index is 0.00000180. The lowest BCUT2D eigenvalue weighted by atomic mass is 9.99. The van der Waals surface area contributed by atoms with Crippen LogP contribution in [0, 0.1) is 5.92 Å². The van der Waals surface area contributed by atoms with Crippen LogP contribution in [0.25, 0.3) is 0 Å².